The van der Waals surface area contributed by atoms with Crippen molar-refractivity contribution in [3.63, 3.8) is 0 Å². The zero-order chi connectivity index (χ0) is 11.7. The van der Waals surface area contributed by atoms with Crippen LogP contribution in [0.25, 0.3) is 0 Å². The molecular formula is C11H20ClNO2. The van der Waals surface area contributed by atoms with Crippen LogP contribution in [0.2, 0.25) is 0 Å². The van der Waals surface area contributed by atoms with Crippen molar-refractivity contribution in [2.45, 2.75) is 26.2 Å². The quantitative estimate of drug-likeness (QED) is 0.384. The number of hydrogen-bond donors (Lipinski definition) is 0. The lowest BCUT2D eigenvalue weighted by Gasteiger charge is -2.08. The maximum absolute atomic E-state index is 11.4. The van der Waals surface area contributed by atoms with E-state index in [0.717, 1.165) is 31.4 Å². The van der Waals surface area contributed by atoms with E-state index in [0.29, 0.717) is 0 Å². The van der Waals surface area contributed by atoms with E-state index in [1.54, 1.807) is 0 Å². The standard InChI is InChI=1S/C11H20ClNO2/c1-4-6-10(11(14)15-9-12)7-5-8-13(2)3/h7H,4-6,8-9H2,1-3H3. The fourth-order valence-electron chi connectivity index (χ4n) is 1.20. The minimum absolute atomic E-state index is 0.0758. The smallest absolute Gasteiger partial charge is 0.334 e. The van der Waals surface area contributed by atoms with Crippen molar-refractivity contribution in [3.8, 4) is 0 Å². The molecule has 0 rings (SSSR count). The van der Waals surface area contributed by atoms with E-state index in [-0.39, 0.29) is 12.0 Å². The van der Waals surface area contributed by atoms with Gasteiger partial charge in [-0.25, -0.2) is 4.79 Å². The van der Waals surface area contributed by atoms with E-state index in [1.807, 2.05) is 27.1 Å². The Labute approximate surface area is 97.0 Å². The van der Waals surface area contributed by atoms with Gasteiger partial charge in [0.15, 0.2) is 6.07 Å². The van der Waals surface area contributed by atoms with Crippen LogP contribution in [0.1, 0.15) is 26.2 Å². The normalized spacial score (nSPS) is 11.9. The second-order valence-electron chi connectivity index (χ2n) is 3.61. The van der Waals surface area contributed by atoms with Gasteiger partial charge in [-0.05, 0) is 26.9 Å². The van der Waals surface area contributed by atoms with Crippen molar-refractivity contribution in [2.24, 2.45) is 0 Å². The second kappa shape index (κ2) is 8.74. The van der Waals surface area contributed by atoms with Crippen LogP contribution in [0.5, 0.6) is 0 Å². The first-order valence-corrected chi connectivity index (χ1v) is 5.72. The van der Waals surface area contributed by atoms with Gasteiger partial charge in [0.1, 0.15) is 0 Å². The Morgan fingerprint density at radius 1 is 1.47 bits per heavy atom. The number of carbonyl (C=O) groups excluding carboxylic acids is 1. The van der Waals surface area contributed by atoms with Gasteiger partial charge < -0.3 is 9.64 Å². The molecule has 0 amide bonds. The maximum Gasteiger partial charge on any atom is 0.334 e. The maximum atomic E-state index is 11.4. The van der Waals surface area contributed by atoms with Crippen molar-refractivity contribution in [1.29, 1.82) is 0 Å². The molecule has 0 heterocycles. The van der Waals surface area contributed by atoms with E-state index in [4.69, 9.17) is 16.3 Å². The molecule has 0 fully saturated rings. The fourth-order valence-corrected chi connectivity index (χ4v) is 1.30. The van der Waals surface area contributed by atoms with Crippen molar-refractivity contribution < 1.29 is 9.53 Å². The Hall–Kier alpha value is -0.540. The number of nitrogens with zero attached hydrogens (tertiary/aromatic N) is 1. The second-order valence-corrected chi connectivity index (χ2v) is 3.83. The van der Waals surface area contributed by atoms with Gasteiger partial charge in [0.05, 0.1) is 0 Å². The SMILES string of the molecule is CCCC(=CCCN(C)C)C(=O)OCCl. The van der Waals surface area contributed by atoms with Gasteiger partial charge in [0, 0.05) is 12.1 Å². The van der Waals surface area contributed by atoms with Crippen LogP contribution in [0.15, 0.2) is 11.6 Å². The molecule has 0 saturated heterocycles. The number of halogens is 1. The molecule has 4 heteroatoms. The molecule has 0 radical (unpaired) electrons. The van der Waals surface area contributed by atoms with Crippen LogP contribution in [0.3, 0.4) is 0 Å². The van der Waals surface area contributed by atoms with E-state index in [2.05, 4.69) is 4.90 Å². The molecule has 0 aliphatic carbocycles. The highest BCUT2D eigenvalue weighted by Gasteiger charge is 2.08. The number of esters is 1. The molecule has 0 spiro atoms. The van der Waals surface area contributed by atoms with Gasteiger partial charge in [-0.3, -0.25) is 0 Å². The largest absolute Gasteiger partial charge is 0.446 e. The zero-order valence-electron chi connectivity index (χ0n) is 9.75. The summed E-state index contributed by atoms with van der Waals surface area (Å²) in [5.74, 6) is -0.286. The van der Waals surface area contributed by atoms with Crippen molar-refractivity contribution >= 4 is 17.6 Å². The van der Waals surface area contributed by atoms with E-state index >= 15 is 0 Å². The summed E-state index contributed by atoms with van der Waals surface area (Å²) in [6.45, 7) is 2.97. The molecule has 0 aliphatic heterocycles. The summed E-state index contributed by atoms with van der Waals surface area (Å²) >= 11 is 5.35. The molecule has 3 nitrogen and oxygen atoms in total. The van der Waals surface area contributed by atoms with Gasteiger partial charge in [0.25, 0.3) is 0 Å². The van der Waals surface area contributed by atoms with Gasteiger partial charge in [0.2, 0.25) is 0 Å². The number of alkyl halides is 1. The van der Waals surface area contributed by atoms with Gasteiger partial charge in [-0.15, -0.1) is 0 Å². The predicted octanol–water partition coefficient (Wildman–Crippen LogP) is 2.40. The Bertz CT molecular complexity index is 215. The first-order chi connectivity index (χ1) is 7.11. The Balaban J connectivity index is 4.17. The third-order valence-corrected chi connectivity index (χ3v) is 2.04. The Morgan fingerprint density at radius 3 is 2.60 bits per heavy atom. The number of hydrogen-bond acceptors (Lipinski definition) is 3. The van der Waals surface area contributed by atoms with Crippen LogP contribution < -0.4 is 0 Å². The molecule has 0 N–H and O–H groups in total. The molecule has 0 aliphatic rings. The Kier molecular flexibility index (Phi) is 8.43. The van der Waals surface area contributed by atoms with Gasteiger partial charge in [-0.2, -0.15) is 0 Å². The van der Waals surface area contributed by atoms with E-state index < -0.39 is 0 Å². The lowest BCUT2D eigenvalue weighted by molar-refractivity contribution is -0.137. The van der Waals surface area contributed by atoms with Crippen LogP contribution >= 0.6 is 11.6 Å². The minimum Gasteiger partial charge on any atom is -0.446 e. The summed E-state index contributed by atoms with van der Waals surface area (Å²) in [4.78, 5) is 13.5. The lowest BCUT2D eigenvalue weighted by atomic mass is 10.1. The summed E-state index contributed by atoms with van der Waals surface area (Å²) in [5, 5.41) is 0. The highest BCUT2D eigenvalue weighted by Crippen LogP contribution is 2.09. The first-order valence-electron chi connectivity index (χ1n) is 5.18. The molecule has 0 aromatic carbocycles. The summed E-state index contributed by atoms with van der Waals surface area (Å²) in [6.07, 6.45) is 4.49. The third-order valence-electron chi connectivity index (χ3n) is 1.93. The van der Waals surface area contributed by atoms with Crippen molar-refractivity contribution in [2.75, 3.05) is 26.7 Å². The average Bonchev–Trinajstić information content (AvgIpc) is 2.16. The van der Waals surface area contributed by atoms with Crippen LogP contribution in [-0.2, 0) is 9.53 Å². The highest BCUT2D eigenvalue weighted by molar-refractivity contribution is 6.17. The lowest BCUT2D eigenvalue weighted by Crippen LogP contribution is -2.13. The van der Waals surface area contributed by atoms with Crippen LogP contribution in [0, 0.1) is 0 Å². The zero-order valence-corrected chi connectivity index (χ0v) is 10.5. The number of rotatable bonds is 7. The number of carbonyl (C=O) groups is 1. The third kappa shape index (κ3) is 7.40. The van der Waals surface area contributed by atoms with E-state index in [9.17, 15) is 4.79 Å². The average molecular weight is 234 g/mol. The summed E-state index contributed by atoms with van der Waals surface area (Å²) in [7, 11) is 4.01. The van der Waals surface area contributed by atoms with E-state index in [1.165, 1.54) is 0 Å². The number of ether oxygens (including phenoxy) is 1. The summed E-state index contributed by atoms with van der Waals surface area (Å²) in [5.41, 5.74) is 0.736. The molecule has 88 valence electrons. The molecule has 0 bridgehead atoms. The molecule has 0 aromatic rings. The molecule has 0 saturated carbocycles. The molecular weight excluding hydrogens is 214 g/mol. The van der Waals surface area contributed by atoms with Crippen molar-refractivity contribution in [1.82, 2.24) is 4.90 Å². The minimum atomic E-state index is -0.286. The fraction of sp³-hybridized carbons (Fsp3) is 0.727. The topological polar surface area (TPSA) is 29.5 Å². The van der Waals surface area contributed by atoms with Gasteiger partial charge >= 0.3 is 5.97 Å². The monoisotopic (exact) mass is 233 g/mol. The van der Waals surface area contributed by atoms with Gasteiger partial charge in [-0.1, -0.05) is 31.0 Å². The molecule has 0 unspecified atom stereocenters. The van der Waals surface area contributed by atoms with Crippen molar-refractivity contribution in [3.05, 3.63) is 11.6 Å². The summed E-state index contributed by atoms with van der Waals surface area (Å²) in [6, 6.07) is -0.0758. The van der Waals surface area contributed by atoms with Crippen LogP contribution in [-0.4, -0.2) is 37.6 Å². The predicted molar refractivity (Wildman–Crippen MR) is 63.0 cm³/mol. The van der Waals surface area contributed by atoms with Crippen LogP contribution in [0.4, 0.5) is 0 Å². The Morgan fingerprint density at radius 2 is 2.13 bits per heavy atom. The summed E-state index contributed by atoms with van der Waals surface area (Å²) < 4.78 is 4.76. The highest BCUT2D eigenvalue weighted by atomic mass is 35.5. The molecule has 15 heavy (non-hydrogen) atoms. The molecule has 0 aromatic heterocycles. The first kappa shape index (κ1) is 14.5. The molecule has 0 atom stereocenters.